The summed E-state index contributed by atoms with van der Waals surface area (Å²) in [5.74, 6) is 0.165. The molecule has 0 radical (unpaired) electrons. The van der Waals surface area contributed by atoms with E-state index in [1.165, 1.54) is 0 Å². The Kier molecular flexibility index (Phi) is 5.31. The number of morpholine rings is 1. The second-order valence-corrected chi connectivity index (χ2v) is 6.14. The maximum absolute atomic E-state index is 12.3. The molecule has 0 saturated carbocycles. The summed E-state index contributed by atoms with van der Waals surface area (Å²) in [4.78, 5) is 14.6. The van der Waals surface area contributed by atoms with Crippen LogP contribution < -0.4 is 4.90 Å². The van der Waals surface area contributed by atoms with E-state index >= 15 is 0 Å². The predicted octanol–water partition coefficient (Wildman–Crippen LogP) is 3.99. The molecule has 1 saturated heterocycles. The third kappa shape index (κ3) is 4.34. The highest BCUT2D eigenvalue weighted by Gasteiger charge is 2.12. The van der Waals surface area contributed by atoms with Crippen molar-refractivity contribution in [2.45, 2.75) is 12.8 Å². The summed E-state index contributed by atoms with van der Waals surface area (Å²) < 4.78 is 5.36. The van der Waals surface area contributed by atoms with Gasteiger partial charge in [0.15, 0.2) is 5.78 Å². The van der Waals surface area contributed by atoms with Crippen molar-refractivity contribution in [1.82, 2.24) is 0 Å². The van der Waals surface area contributed by atoms with Crippen LogP contribution in [0.4, 0.5) is 5.69 Å². The molecule has 0 aromatic heterocycles. The maximum Gasteiger partial charge on any atom is 0.163 e. The van der Waals surface area contributed by atoms with Crippen molar-refractivity contribution in [1.29, 1.82) is 0 Å². The van der Waals surface area contributed by atoms with Crippen LogP contribution in [0.2, 0.25) is 5.02 Å². The lowest BCUT2D eigenvalue weighted by molar-refractivity contribution is 0.0982. The van der Waals surface area contributed by atoms with Crippen LogP contribution in [0, 0.1) is 0 Å². The average molecular weight is 330 g/mol. The molecule has 0 amide bonds. The number of benzene rings is 2. The fourth-order valence-corrected chi connectivity index (χ4v) is 2.99. The Morgan fingerprint density at radius 2 is 1.83 bits per heavy atom. The van der Waals surface area contributed by atoms with Gasteiger partial charge in [-0.2, -0.15) is 0 Å². The first-order valence-electron chi connectivity index (χ1n) is 7.93. The Morgan fingerprint density at radius 3 is 2.52 bits per heavy atom. The largest absolute Gasteiger partial charge is 0.378 e. The molecular weight excluding hydrogens is 310 g/mol. The van der Waals surface area contributed by atoms with Gasteiger partial charge in [0.2, 0.25) is 0 Å². The second kappa shape index (κ2) is 7.62. The molecular formula is C19H20ClNO2. The molecule has 120 valence electrons. The van der Waals surface area contributed by atoms with Crippen LogP contribution in [0.1, 0.15) is 22.3 Å². The summed E-state index contributed by atoms with van der Waals surface area (Å²) in [7, 11) is 0. The quantitative estimate of drug-likeness (QED) is 0.777. The van der Waals surface area contributed by atoms with Gasteiger partial charge in [0, 0.05) is 35.8 Å². The number of hydrogen-bond acceptors (Lipinski definition) is 3. The fourth-order valence-electron chi connectivity index (χ4n) is 2.77. The summed E-state index contributed by atoms with van der Waals surface area (Å²) in [6, 6.07) is 15.6. The highest BCUT2D eigenvalue weighted by Crippen LogP contribution is 2.18. The summed E-state index contributed by atoms with van der Waals surface area (Å²) in [6.45, 7) is 3.34. The number of Topliss-reactive ketones (excluding diaryl/α,β-unsaturated/α-hetero) is 1. The van der Waals surface area contributed by atoms with Crippen LogP contribution in [0.15, 0.2) is 48.5 Å². The minimum Gasteiger partial charge on any atom is -0.378 e. The van der Waals surface area contributed by atoms with Gasteiger partial charge in [-0.15, -0.1) is 0 Å². The Labute approximate surface area is 141 Å². The third-order valence-electron chi connectivity index (χ3n) is 4.10. The molecule has 4 heteroatoms. The molecule has 1 aliphatic rings. The van der Waals surface area contributed by atoms with Crippen LogP contribution in [0.25, 0.3) is 0 Å². The summed E-state index contributed by atoms with van der Waals surface area (Å²) in [5.41, 5.74) is 3.01. The van der Waals surface area contributed by atoms with E-state index in [-0.39, 0.29) is 5.78 Å². The number of nitrogens with zero attached hydrogens (tertiary/aromatic N) is 1. The number of rotatable bonds is 5. The van der Waals surface area contributed by atoms with Gasteiger partial charge in [0.05, 0.1) is 13.2 Å². The molecule has 0 spiro atoms. The monoisotopic (exact) mass is 329 g/mol. The molecule has 0 bridgehead atoms. The number of carbonyl (C=O) groups excluding carboxylic acids is 1. The van der Waals surface area contributed by atoms with Gasteiger partial charge >= 0.3 is 0 Å². The number of aryl methyl sites for hydroxylation is 1. The van der Waals surface area contributed by atoms with E-state index < -0.39 is 0 Å². The van der Waals surface area contributed by atoms with Gasteiger partial charge in [-0.25, -0.2) is 0 Å². The Hall–Kier alpha value is -1.84. The van der Waals surface area contributed by atoms with E-state index in [0.717, 1.165) is 43.1 Å². The fraction of sp³-hybridized carbons (Fsp3) is 0.316. The van der Waals surface area contributed by atoms with E-state index in [2.05, 4.69) is 4.90 Å². The number of ether oxygens (including phenoxy) is 1. The van der Waals surface area contributed by atoms with E-state index in [1.807, 2.05) is 48.5 Å². The van der Waals surface area contributed by atoms with Crippen molar-refractivity contribution >= 4 is 23.1 Å². The molecule has 0 N–H and O–H groups in total. The first-order valence-corrected chi connectivity index (χ1v) is 8.30. The minimum absolute atomic E-state index is 0.165. The molecule has 3 rings (SSSR count). The zero-order valence-corrected chi connectivity index (χ0v) is 13.8. The SMILES string of the molecule is O=C(CCc1cccc(Cl)c1)c1ccc(N2CCOCC2)cc1. The molecule has 1 aliphatic heterocycles. The van der Waals surface area contributed by atoms with E-state index in [4.69, 9.17) is 16.3 Å². The van der Waals surface area contributed by atoms with Crippen molar-refractivity contribution in [2.75, 3.05) is 31.2 Å². The number of carbonyl (C=O) groups is 1. The minimum atomic E-state index is 0.165. The first kappa shape index (κ1) is 16.0. The van der Waals surface area contributed by atoms with Crippen LogP contribution in [-0.4, -0.2) is 32.1 Å². The van der Waals surface area contributed by atoms with Gasteiger partial charge in [-0.1, -0.05) is 23.7 Å². The molecule has 0 unspecified atom stereocenters. The van der Waals surface area contributed by atoms with Crippen molar-refractivity contribution in [3.8, 4) is 0 Å². The van der Waals surface area contributed by atoms with Gasteiger partial charge in [-0.05, 0) is 48.4 Å². The van der Waals surface area contributed by atoms with Gasteiger partial charge in [0.1, 0.15) is 0 Å². The number of anilines is 1. The zero-order chi connectivity index (χ0) is 16.1. The summed E-state index contributed by atoms with van der Waals surface area (Å²) in [5, 5.41) is 0.713. The Balaban J connectivity index is 1.59. The maximum atomic E-state index is 12.3. The molecule has 1 heterocycles. The lowest BCUT2D eigenvalue weighted by atomic mass is 10.0. The van der Waals surface area contributed by atoms with E-state index in [0.29, 0.717) is 17.9 Å². The highest BCUT2D eigenvalue weighted by atomic mass is 35.5. The lowest BCUT2D eigenvalue weighted by Gasteiger charge is -2.28. The lowest BCUT2D eigenvalue weighted by Crippen LogP contribution is -2.36. The molecule has 3 nitrogen and oxygen atoms in total. The Bertz CT molecular complexity index is 663. The van der Waals surface area contributed by atoms with Crippen LogP contribution in [0.5, 0.6) is 0 Å². The van der Waals surface area contributed by atoms with Crippen molar-refractivity contribution in [3.05, 3.63) is 64.7 Å². The number of halogens is 1. The normalized spacial score (nSPS) is 14.7. The first-order chi connectivity index (χ1) is 11.2. The molecule has 1 fully saturated rings. The van der Waals surface area contributed by atoms with Crippen molar-refractivity contribution in [2.24, 2.45) is 0 Å². The van der Waals surface area contributed by atoms with Crippen molar-refractivity contribution in [3.63, 3.8) is 0 Å². The van der Waals surface area contributed by atoms with Crippen LogP contribution >= 0.6 is 11.6 Å². The van der Waals surface area contributed by atoms with Crippen LogP contribution in [0.3, 0.4) is 0 Å². The number of hydrogen-bond donors (Lipinski definition) is 0. The molecule has 2 aromatic rings. The standard InChI is InChI=1S/C19H20ClNO2/c20-17-3-1-2-15(14-17)4-9-19(22)16-5-7-18(8-6-16)21-10-12-23-13-11-21/h1-3,5-8,14H,4,9-13H2. The molecule has 0 atom stereocenters. The number of ketones is 1. The molecule has 23 heavy (non-hydrogen) atoms. The topological polar surface area (TPSA) is 29.5 Å². The predicted molar refractivity (Wildman–Crippen MR) is 93.6 cm³/mol. The Morgan fingerprint density at radius 1 is 1.09 bits per heavy atom. The van der Waals surface area contributed by atoms with Crippen molar-refractivity contribution < 1.29 is 9.53 Å². The van der Waals surface area contributed by atoms with E-state index in [9.17, 15) is 4.79 Å². The van der Waals surface area contributed by atoms with E-state index in [1.54, 1.807) is 0 Å². The highest BCUT2D eigenvalue weighted by molar-refractivity contribution is 6.30. The van der Waals surface area contributed by atoms with Gasteiger partial charge < -0.3 is 9.64 Å². The smallest absolute Gasteiger partial charge is 0.163 e. The zero-order valence-electron chi connectivity index (χ0n) is 13.0. The summed E-state index contributed by atoms with van der Waals surface area (Å²) in [6.07, 6.45) is 1.21. The average Bonchev–Trinajstić information content (AvgIpc) is 2.61. The summed E-state index contributed by atoms with van der Waals surface area (Å²) >= 11 is 5.97. The molecule has 2 aromatic carbocycles. The third-order valence-corrected chi connectivity index (χ3v) is 4.33. The van der Waals surface area contributed by atoms with Gasteiger partial charge in [0.25, 0.3) is 0 Å². The van der Waals surface area contributed by atoms with Gasteiger partial charge in [-0.3, -0.25) is 4.79 Å². The van der Waals surface area contributed by atoms with Crippen LogP contribution in [-0.2, 0) is 11.2 Å². The second-order valence-electron chi connectivity index (χ2n) is 5.70. The molecule has 0 aliphatic carbocycles.